The van der Waals surface area contributed by atoms with Gasteiger partial charge in [0.2, 0.25) is 0 Å². The van der Waals surface area contributed by atoms with Crippen LogP contribution in [0.4, 0.5) is 10.5 Å². The average molecular weight is 472 g/mol. The molecule has 0 unspecified atom stereocenters. The molecule has 0 radical (unpaired) electrons. The molecular weight excluding hydrogens is 442 g/mol. The van der Waals surface area contributed by atoms with E-state index in [1.54, 1.807) is 29.2 Å². The lowest BCUT2D eigenvalue weighted by atomic mass is 9.98. The minimum atomic E-state index is -0.925. The van der Waals surface area contributed by atoms with Gasteiger partial charge in [-0.1, -0.05) is 48.5 Å². The number of hydrogen-bond donors (Lipinski definition) is 2. The van der Waals surface area contributed by atoms with Crippen LogP contribution in [0, 0.1) is 0 Å². The molecule has 35 heavy (non-hydrogen) atoms. The number of hydrogen-bond acceptors (Lipinski definition) is 5. The van der Waals surface area contributed by atoms with Crippen LogP contribution in [0.5, 0.6) is 0 Å². The fourth-order valence-corrected chi connectivity index (χ4v) is 4.93. The largest absolute Gasteiger partial charge is 0.478 e. The maximum Gasteiger partial charge on any atom is 0.409 e. The van der Waals surface area contributed by atoms with Crippen molar-refractivity contribution in [2.75, 3.05) is 51.2 Å². The molecular formula is C28H29N3O4. The molecule has 1 amide bonds. The van der Waals surface area contributed by atoms with Crippen LogP contribution in [0.25, 0.3) is 11.1 Å². The van der Waals surface area contributed by atoms with Gasteiger partial charge in [-0.25, -0.2) is 9.59 Å². The molecule has 5 rings (SSSR count). The fourth-order valence-electron chi connectivity index (χ4n) is 4.93. The monoisotopic (exact) mass is 471 g/mol. The molecule has 0 spiro atoms. The molecule has 3 aromatic rings. The molecule has 1 aliphatic heterocycles. The molecule has 180 valence electrons. The van der Waals surface area contributed by atoms with E-state index in [2.05, 4.69) is 34.5 Å². The number of rotatable bonds is 7. The van der Waals surface area contributed by atoms with Crippen molar-refractivity contribution in [3.8, 4) is 11.1 Å². The quantitative estimate of drug-likeness (QED) is 0.533. The number of fused-ring (bicyclic) bond motifs is 3. The van der Waals surface area contributed by atoms with E-state index in [9.17, 15) is 9.59 Å². The first-order valence-corrected chi connectivity index (χ1v) is 12.0. The zero-order chi connectivity index (χ0) is 24.2. The first-order valence-electron chi connectivity index (χ1n) is 12.0. The lowest BCUT2D eigenvalue weighted by molar-refractivity contribution is 0.0696. The van der Waals surface area contributed by atoms with Gasteiger partial charge in [0.1, 0.15) is 6.61 Å². The number of nitrogens with one attached hydrogen (secondary N) is 1. The predicted octanol–water partition coefficient (Wildman–Crippen LogP) is 4.36. The number of amides is 1. The molecule has 1 saturated heterocycles. The van der Waals surface area contributed by atoms with E-state index >= 15 is 0 Å². The lowest BCUT2D eigenvalue weighted by Gasteiger charge is -2.34. The summed E-state index contributed by atoms with van der Waals surface area (Å²) >= 11 is 0. The number of carboxylic acid groups (broad SMARTS) is 1. The predicted molar refractivity (Wildman–Crippen MR) is 135 cm³/mol. The van der Waals surface area contributed by atoms with Gasteiger partial charge in [-0.15, -0.1) is 0 Å². The van der Waals surface area contributed by atoms with Crippen molar-refractivity contribution in [1.29, 1.82) is 0 Å². The second kappa shape index (κ2) is 10.2. The van der Waals surface area contributed by atoms with Crippen molar-refractivity contribution in [2.24, 2.45) is 0 Å². The molecule has 0 aromatic heterocycles. The summed E-state index contributed by atoms with van der Waals surface area (Å²) in [5.41, 5.74) is 6.06. The molecule has 7 nitrogen and oxygen atoms in total. The number of ether oxygens (including phenoxy) is 1. The minimum Gasteiger partial charge on any atom is -0.478 e. The Hall–Kier alpha value is -3.84. The van der Waals surface area contributed by atoms with Gasteiger partial charge >= 0.3 is 12.1 Å². The molecule has 0 atom stereocenters. The third kappa shape index (κ3) is 5.00. The maximum atomic E-state index is 12.8. The van der Waals surface area contributed by atoms with Crippen LogP contribution in [0.3, 0.4) is 0 Å². The normalized spacial score (nSPS) is 15.4. The van der Waals surface area contributed by atoms with Crippen LogP contribution in [-0.2, 0) is 4.74 Å². The Bertz CT molecular complexity index is 1160. The minimum absolute atomic E-state index is 0.0725. The number of benzene rings is 3. The maximum absolute atomic E-state index is 12.8. The summed E-state index contributed by atoms with van der Waals surface area (Å²) in [6.45, 7) is 4.82. The third-order valence-corrected chi connectivity index (χ3v) is 6.86. The van der Waals surface area contributed by atoms with Gasteiger partial charge in [0.15, 0.2) is 0 Å². The number of anilines is 1. The average Bonchev–Trinajstić information content (AvgIpc) is 3.21. The van der Waals surface area contributed by atoms with Crippen molar-refractivity contribution >= 4 is 17.7 Å². The van der Waals surface area contributed by atoms with Gasteiger partial charge < -0.3 is 20.1 Å². The zero-order valence-corrected chi connectivity index (χ0v) is 19.5. The first kappa shape index (κ1) is 22.9. The summed E-state index contributed by atoms with van der Waals surface area (Å²) in [6, 6.07) is 23.4. The summed E-state index contributed by atoms with van der Waals surface area (Å²) in [4.78, 5) is 27.8. The second-order valence-corrected chi connectivity index (χ2v) is 8.94. The van der Waals surface area contributed by atoms with E-state index in [4.69, 9.17) is 9.84 Å². The van der Waals surface area contributed by atoms with Crippen LogP contribution in [0.2, 0.25) is 0 Å². The number of piperazine rings is 1. The van der Waals surface area contributed by atoms with E-state index in [0.29, 0.717) is 19.7 Å². The summed E-state index contributed by atoms with van der Waals surface area (Å²) in [5.74, 6) is -0.853. The topological polar surface area (TPSA) is 82.1 Å². The number of carbonyl (C=O) groups excluding carboxylic acids is 1. The van der Waals surface area contributed by atoms with Crippen molar-refractivity contribution < 1.29 is 19.4 Å². The van der Waals surface area contributed by atoms with Crippen molar-refractivity contribution in [2.45, 2.75) is 5.92 Å². The van der Waals surface area contributed by atoms with E-state index in [0.717, 1.165) is 31.9 Å². The molecule has 0 saturated carbocycles. The summed E-state index contributed by atoms with van der Waals surface area (Å²) in [5, 5.41) is 12.3. The van der Waals surface area contributed by atoms with E-state index in [-0.39, 0.29) is 17.6 Å². The molecule has 3 aromatic carbocycles. The highest BCUT2D eigenvalue weighted by atomic mass is 16.6. The lowest BCUT2D eigenvalue weighted by Crippen LogP contribution is -2.49. The standard InChI is InChI=1S/C28H29N3O4/c32-27(33)20-9-11-21(12-10-20)29-13-14-30-15-17-31(18-16-30)28(34)35-19-26-24-7-3-1-5-22(24)23-6-2-4-8-25(23)26/h1-12,26,29H,13-19H2,(H,32,33). The van der Waals surface area contributed by atoms with Crippen LogP contribution >= 0.6 is 0 Å². The molecule has 2 aliphatic rings. The van der Waals surface area contributed by atoms with Gasteiger partial charge in [-0.05, 0) is 46.5 Å². The SMILES string of the molecule is O=C(O)c1ccc(NCCN2CCN(C(=O)OCC3c4ccccc4-c4ccccc43)CC2)cc1. The Kier molecular flexibility index (Phi) is 6.68. The Morgan fingerprint density at radius 2 is 1.46 bits per heavy atom. The van der Waals surface area contributed by atoms with Gasteiger partial charge in [0.05, 0.1) is 5.56 Å². The Morgan fingerprint density at radius 3 is 2.06 bits per heavy atom. The number of carboxylic acids is 1. The smallest absolute Gasteiger partial charge is 0.409 e. The first-order chi connectivity index (χ1) is 17.1. The molecule has 7 heteroatoms. The van der Waals surface area contributed by atoms with Gasteiger partial charge in [0, 0.05) is 50.9 Å². The molecule has 1 heterocycles. The number of carbonyl (C=O) groups is 2. The van der Waals surface area contributed by atoms with E-state index < -0.39 is 5.97 Å². The Balaban J connectivity index is 1.07. The van der Waals surface area contributed by atoms with E-state index in [1.165, 1.54) is 22.3 Å². The Labute approximate surface area is 204 Å². The summed E-state index contributed by atoms with van der Waals surface area (Å²) in [7, 11) is 0. The second-order valence-electron chi connectivity index (χ2n) is 8.94. The van der Waals surface area contributed by atoms with E-state index in [1.807, 2.05) is 24.3 Å². The zero-order valence-electron chi connectivity index (χ0n) is 19.5. The van der Waals surface area contributed by atoms with Gasteiger partial charge in [-0.3, -0.25) is 4.90 Å². The fraction of sp³-hybridized carbons (Fsp3) is 0.286. The molecule has 0 bridgehead atoms. The van der Waals surface area contributed by atoms with Crippen molar-refractivity contribution in [3.63, 3.8) is 0 Å². The third-order valence-electron chi connectivity index (χ3n) is 6.86. The summed E-state index contributed by atoms with van der Waals surface area (Å²) < 4.78 is 5.79. The molecule has 1 fully saturated rings. The summed E-state index contributed by atoms with van der Waals surface area (Å²) in [6.07, 6.45) is -0.247. The van der Waals surface area contributed by atoms with Gasteiger partial charge in [-0.2, -0.15) is 0 Å². The molecule has 1 aliphatic carbocycles. The molecule has 2 N–H and O–H groups in total. The van der Waals surface area contributed by atoms with Crippen molar-refractivity contribution in [3.05, 3.63) is 89.5 Å². The number of nitrogens with zero attached hydrogens (tertiary/aromatic N) is 2. The van der Waals surface area contributed by atoms with Gasteiger partial charge in [0.25, 0.3) is 0 Å². The Morgan fingerprint density at radius 1 is 0.857 bits per heavy atom. The van der Waals surface area contributed by atoms with Crippen LogP contribution in [0.15, 0.2) is 72.8 Å². The van der Waals surface area contributed by atoms with Crippen LogP contribution in [-0.4, -0.2) is 72.8 Å². The highest BCUT2D eigenvalue weighted by molar-refractivity contribution is 5.88. The highest BCUT2D eigenvalue weighted by Crippen LogP contribution is 2.44. The van der Waals surface area contributed by atoms with Crippen LogP contribution in [0.1, 0.15) is 27.4 Å². The highest BCUT2D eigenvalue weighted by Gasteiger charge is 2.30. The van der Waals surface area contributed by atoms with Crippen molar-refractivity contribution in [1.82, 2.24) is 9.80 Å². The number of aromatic carboxylic acids is 1. The van der Waals surface area contributed by atoms with Crippen LogP contribution < -0.4 is 5.32 Å².